The molecule has 7 heteroatoms. The lowest BCUT2D eigenvalue weighted by Crippen LogP contribution is -2.11. The third kappa shape index (κ3) is 2.89. The molecule has 0 amide bonds. The minimum absolute atomic E-state index is 0.00257. The zero-order valence-corrected chi connectivity index (χ0v) is 15.3. The molecule has 1 aromatic heterocycles. The maximum absolute atomic E-state index is 11.4. The Morgan fingerprint density at radius 3 is 2.36 bits per heavy atom. The first-order chi connectivity index (χ1) is 11.8. The Labute approximate surface area is 147 Å². The maximum Gasteiger partial charge on any atom is 0.238 e. The van der Waals surface area contributed by atoms with Gasteiger partial charge in [0.1, 0.15) is 0 Å². The van der Waals surface area contributed by atoms with Crippen LogP contribution in [0.15, 0.2) is 33.7 Å². The molecule has 134 valence electrons. The van der Waals surface area contributed by atoms with E-state index >= 15 is 0 Å². The van der Waals surface area contributed by atoms with Crippen LogP contribution in [-0.2, 0) is 10.0 Å². The molecule has 0 saturated heterocycles. The lowest BCUT2D eigenvalue weighted by atomic mass is 10.0. The van der Waals surface area contributed by atoms with E-state index in [2.05, 4.69) is 24.0 Å². The average molecular weight is 361 g/mol. The van der Waals surface area contributed by atoms with E-state index in [9.17, 15) is 8.42 Å². The van der Waals surface area contributed by atoms with Crippen LogP contribution in [0.1, 0.15) is 74.6 Å². The fourth-order valence-corrected chi connectivity index (χ4v) is 4.82. The molecule has 2 atom stereocenters. The summed E-state index contributed by atoms with van der Waals surface area (Å²) in [6, 6.07) is 6.79. The van der Waals surface area contributed by atoms with Crippen LogP contribution in [0.3, 0.4) is 0 Å². The van der Waals surface area contributed by atoms with E-state index < -0.39 is 10.0 Å². The quantitative estimate of drug-likeness (QED) is 0.901. The monoisotopic (exact) mass is 361 g/mol. The van der Waals surface area contributed by atoms with E-state index in [-0.39, 0.29) is 22.1 Å². The topological polar surface area (TPSA) is 99.1 Å². The molecule has 2 N–H and O–H groups in total. The number of nitrogens with zero attached hydrogens (tertiary/aromatic N) is 2. The van der Waals surface area contributed by atoms with Gasteiger partial charge in [-0.2, -0.15) is 4.98 Å². The molecular weight excluding hydrogens is 338 g/mol. The smallest absolute Gasteiger partial charge is 0.238 e. The zero-order chi connectivity index (χ0) is 17.8. The molecule has 4 rings (SSSR count). The van der Waals surface area contributed by atoms with Crippen molar-refractivity contribution in [2.75, 3.05) is 0 Å². The van der Waals surface area contributed by atoms with Crippen molar-refractivity contribution < 1.29 is 12.9 Å². The van der Waals surface area contributed by atoms with E-state index in [0.717, 1.165) is 24.2 Å². The van der Waals surface area contributed by atoms with Gasteiger partial charge in [-0.1, -0.05) is 44.0 Å². The molecule has 2 aliphatic carbocycles. The molecule has 0 aliphatic heterocycles. The molecule has 2 fully saturated rings. The Morgan fingerprint density at radius 1 is 1.12 bits per heavy atom. The predicted octanol–water partition coefficient (Wildman–Crippen LogP) is 3.28. The summed E-state index contributed by atoms with van der Waals surface area (Å²) < 4.78 is 28.4. The number of hydrogen-bond donors (Lipinski definition) is 1. The van der Waals surface area contributed by atoms with E-state index in [1.54, 1.807) is 12.1 Å². The van der Waals surface area contributed by atoms with Gasteiger partial charge in [0.25, 0.3) is 0 Å². The predicted molar refractivity (Wildman–Crippen MR) is 92.6 cm³/mol. The normalized spacial score (nSPS) is 26.0. The van der Waals surface area contributed by atoms with Gasteiger partial charge < -0.3 is 4.52 Å². The number of nitrogens with two attached hydrogens (primary N) is 1. The van der Waals surface area contributed by atoms with Gasteiger partial charge in [0.05, 0.1) is 10.8 Å². The second-order valence-electron chi connectivity index (χ2n) is 7.86. The van der Waals surface area contributed by atoms with E-state index in [1.807, 2.05) is 12.1 Å². The highest BCUT2D eigenvalue weighted by molar-refractivity contribution is 7.89. The van der Waals surface area contributed by atoms with Gasteiger partial charge >= 0.3 is 0 Å². The van der Waals surface area contributed by atoms with Crippen LogP contribution in [0.4, 0.5) is 0 Å². The number of primary sulfonamides is 1. The van der Waals surface area contributed by atoms with Crippen LogP contribution in [0.5, 0.6) is 0 Å². The summed E-state index contributed by atoms with van der Waals surface area (Å²) in [5.74, 6) is 2.38. The third-order valence-electron chi connectivity index (χ3n) is 5.84. The molecule has 2 aliphatic rings. The standard InChI is InChI=1S/C18H23N3O3S/c1-18(2)14(11-7-9-13(10-8-11)25(19,22)23)15(18)17-20-16(21-24-17)12-5-3-4-6-12/h7-10,12,14-15H,3-6H2,1-2H3,(H2,19,22,23)/t14-,15+/m1/s1. The lowest BCUT2D eigenvalue weighted by Gasteiger charge is -2.04. The third-order valence-corrected chi connectivity index (χ3v) is 6.77. The Balaban J connectivity index is 1.57. The SMILES string of the molecule is CC1(C)[C@H](c2ccc(S(N)(=O)=O)cc2)[C@H]1c1nc(C2CCCC2)no1. The number of hydrogen-bond acceptors (Lipinski definition) is 5. The second kappa shape index (κ2) is 5.64. The number of sulfonamides is 1. The molecule has 2 aromatic rings. The van der Waals surface area contributed by atoms with Crippen LogP contribution in [0.25, 0.3) is 0 Å². The Hall–Kier alpha value is -1.73. The fourth-order valence-electron chi connectivity index (χ4n) is 4.31. The molecular formula is C18H23N3O3S. The van der Waals surface area contributed by atoms with E-state index in [4.69, 9.17) is 9.66 Å². The highest BCUT2D eigenvalue weighted by atomic mass is 32.2. The Morgan fingerprint density at radius 2 is 1.76 bits per heavy atom. The molecule has 0 radical (unpaired) electrons. The first-order valence-corrected chi connectivity index (χ1v) is 10.3. The van der Waals surface area contributed by atoms with Crippen molar-refractivity contribution in [3.8, 4) is 0 Å². The summed E-state index contributed by atoms with van der Waals surface area (Å²) in [7, 11) is -3.67. The van der Waals surface area contributed by atoms with Crippen LogP contribution >= 0.6 is 0 Å². The van der Waals surface area contributed by atoms with E-state index in [1.165, 1.54) is 12.8 Å². The Bertz CT molecular complexity index is 881. The molecule has 2 saturated carbocycles. The van der Waals surface area contributed by atoms with Gasteiger partial charge in [0.15, 0.2) is 5.82 Å². The van der Waals surface area contributed by atoms with Gasteiger partial charge in [-0.25, -0.2) is 13.6 Å². The van der Waals surface area contributed by atoms with Crippen molar-refractivity contribution in [1.29, 1.82) is 0 Å². The van der Waals surface area contributed by atoms with Crippen LogP contribution < -0.4 is 5.14 Å². The maximum atomic E-state index is 11.4. The molecule has 6 nitrogen and oxygen atoms in total. The number of aromatic nitrogens is 2. The first-order valence-electron chi connectivity index (χ1n) is 8.75. The second-order valence-corrected chi connectivity index (χ2v) is 9.42. The van der Waals surface area contributed by atoms with E-state index in [0.29, 0.717) is 11.8 Å². The summed E-state index contributed by atoms with van der Waals surface area (Å²) in [6.45, 7) is 4.35. The minimum atomic E-state index is -3.67. The highest BCUT2D eigenvalue weighted by Gasteiger charge is 2.62. The van der Waals surface area contributed by atoms with Gasteiger partial charge in [-0.15, -0.1) is 0 Å². The van der Waals surface area contributed by atoms with Gasteiger partial charge in [0.2, 0.25) is 15.9 Å². The fraction of sp³-hybridized carbons (Fsp3) is 0.556. The molecule has 1 heterocycles. The van der Waals surface area contributed by atoms with Gasteiger partial charge in [0, 0.05) is 11.8 Å². The number of rotatable bonds is 4. The van der Waals surface area contributed by atoms with Gasteiger partial charge in [-0.3, -0.25) is 0 Å². The first kappa shape index (κ1) is 16.7. The summed E-state index contributed by atoms with van der Waals surface area (Å²) in [5.41, 5.74) is 1.07. The van der Waals surface area contributed by atoms with Gasteiger partial charge in [-0.05, 0) is 36.0 Å². The van der Waals surface area contributed by atoms with Crippen LogP contribution in [0.2, 0.25) is 0 Å². The summed E-state index contributed by atoms with van der Waals surface area (Å²) >= 11 is 0. The van der Waals surface area contributed by atoms with Crippen LogP contribution in [-0.4, -0.2) is 18.6 Å². The molecule has 0 spiro atoms. The molecule has 0 bridgehead atoms. The zero-order valence-electron chi connectivity index (χ0n) is 14.5. The van der Waals surface area contributed by atoms with Crippen molar-refractivity contribution in [2.24, 2.45) is 10.6 Å². The van der Waals surface area contributed by atoms with Crippen molar-refractivity contribution in [2.45, 2.75) is 62.2 Å². The molecule has 1 aromatic carbocycles. The van der Waals surface area contributed by atoms with Crippen molar-refractivity contribution in [1.82, 2.24) is 10.1 Å². The summed E-state index contributed by atoms with van der Waals surface area (Å²) in [4.78, 5) is 4.82. The average Bonchev–Trinajstić information content (AvgIpc) is 3.03. The van der Waals surface area contributed by atoms with Crippen molar-refractivity contribution >= 4 is 10.0 Å². The van der Waals surface area contributed by atoms with Crippen LogP contribution in [0, 0.1) is 5.41 Å². The summed E-state index contributed by atoms with van der Waals surface area (Å²) in [6.07, 6.45) is 4.77. The van der Waals surface area contributed by atoms with Crippen molar-refractivity contribution in [3.05, 3.63) is 41.5 Å². The number of benzene rings is 1. The minimum Gasteiger partial charge on any atom is -0.339 e. The highest BCUT2D eigenvalue weighted by Crippen LogP contribution is 2.69. The largest absolute Gasteiger partial charge is 0.339 e. The van der Waals surface area contributed by atoms with Crippen molar-refractivity contribution in [3.63, 3.8) is 0 Å². The molecule has 25 heavy (non-hydrogen) atoms. The lowest BCUT2D eigenvalue weighted by molar-refractivity contribution is 0.360. The Kier molecular flexibility index (Phi) is 3.77. The molecule has 0 unspecified atom stereocenters. The summed E-state index contributed by atoms with van der Waals surface area (Å²) in [5, 5.41) is 9.39.